The minimum absolute atomic E-state index is 0.0128. The summed E-state index contributed by atoms with van der Waals surface area (Å²) in [6, 6.07) is 12.7. The van der Waals surface area contributed by atoms with E-state index in [0.29, 0.717) is 64.4 Å². The molecule has 131 heavy (non-hydrogen) atoms. The average Bonchev–Trinajstić information content (AvgIpc) is 1.77. The molecule has 0 spiro atoms. The second-order valence-electron chi connectivity index (χ2n) is 34.9. The number of primary amides is 1. The number of carbonyl (C=O) groups is 16. The van der Waals surface area contributed by atoms with Gasteiger partial charge in [0, 0.05) is 89.2 Å². The third-order valence-corrected chi connectivity index (χ3v) is 24.8. The van der Waals surface area contributed by atoms with E-state index < -0.39 is 215 Å². The van der Waals surface area contributed by atoms with Crippen molar-refractivity contribution in [3.8, 4) is 11.5 Å². The Kier molecular flexibility index (Phi) is 37.4. The van der Waals surface area contributed by atoms with Crippen molar-refractivity contribution in [2.45, 2.75) is 223 Å². The van der Waals surface area contributed by atoms with Crippen LogP contribution in [0.1, 0.15) is 140 Å². The SMILES string of the molecule is CCCC[C@H]1C(=O)N2CCC[C@@H]2C(=O)N[C@@H](CC(=O)O)C(=O)N[C@@H](C(C)C)C(=O)N(C)[C@@H](C(C)C)C(=O)N[C@@H](Cc2ccc(O)cc2)C(=O)N2CCCC[C@@H]2C(=O)N[C@H](Cc2c[nH]c3ccccc23)C(=O)N[C@@H](Cc2ccc(O)cc2)C(=O)N[C@@H](CC(C)C)C(=O)N[C@H](C(=O)NCC(N)=O)CSCC(=O)N[C@@H](Cc2ccc(F)cc2)C(=O)N(C)[C@@H](Cc2ccccc2)C(=O)N1C. The highest BCUT2D eigenvalue weighted by atomic mass is 32.2. The Morgan fingerprint density at radius 1 is 0.504 bits per heavy atom. The Labute approximate surface area is 765 Å². The molecule has 37 heteroatoms. The molecular weight excluding hydrogens is 1710 g/mol. The van der Waals surface area contributed by atoms with E-state index in [9.17, 15) is 48.5 Å². The van der Waals surface area contributed by atoms with Crippen LogP contribution in [0.3, 0.4) is 0 Å². The largest absolute Gasteiger partial charge is 0.508 e. The molecule has 15 N–H and O–H groups in total. The van der Waals surface area contributed by atoms with Crippen LogP contribution >= 0.6 is 11.8 Å². The van der Waals surface area contributed by atoms with Crippen molar-refractivity contribution in [3.63, 3.8) is 0 Å². The van der Waals surface area contributed by atoms with Gasteiger partial charge in [0.2, 0.25) is 88.6 Å². The summed E-state index contributed by atoms with van der Waals surface area (Å²) in [4.78, 5) is 247. The van der Waals surface area contributed by atoms with Crippen molar-refractivity contribution in [2.24, 2.45) is 23.5 Å². The second kappa shape index (κ2) is 48.1. The summed E-state index contributed by atoms with van der Waals surface area (Å²) >= 11 is 0.794. The maximum absolute atomic E-state index is 15.8. The number of nitrogens with two attached hydrogens (primary N) is 1. The maximum atomic E-state index is 15.8. The molecule has 1 aromatic heterocycles. The Morgan fingerprint density at radius 2 is 1.01 bits per heavy atom. The number of fused-ring (bicyclic) bond motifs is 3. The molecule has 3 saturated heterocycles. The fourth-order valence-corrected chi connectivity index (χ4v) is 17.6. The van der Waals surface area contributed by atoms with Gasteiger partial charge in [-0.1, -0.05) is 146 Å². The lowest BCUT2D eigenvalue weighted by Crippen LogP contribution is -2.63. The van der Waals surface area contributed by atoms with E-state index in [0.717, 1.165) is 33.7 Å². The van der Waals surface area contributed by atoms with Crippen molar-refractivity contribution < 1.29 is 96.4 Å². The molecule has 6 aromatic rings. The van der Waals surface area contributed by atoms with Gasteiger partial charge in [-0.05, 0) is 133 Å². The van der Waals surface area contributed by atoms with E-state index in [1.54, 1.807) is 102 Å². The molecular formula is C94H123FN16O19S. The van der Waals surface area contributed by atoms with Crippen LogP contribution < -0.4 is 53.6 Å². The lowest BCUT2D eigenvalue weighted by atomic mass is 9.95. The molecule has 13 atom stereocenters. The minimum Gasteiger partial charge on any atom is -0.508 e. The Morgan fingerprint density at radius 3 is 1.60 bits per heavy atom. The van der Waals surface area contributed by atoms with Gasteiger partial charge in [-0.3, -0.25) is 76.7 Å². The summed E-state index contributed by atoms with van der Waals surface area (Å²) < 4.78 is 14.6. The van der Waals surface area contributed by atoms with Gasteiger partial charge >= 0.3 is 5.97 Å². The molecule has 0 bridgehead atoms. The first kappa shape index (κ1) is 102. The number of amides is 15. The highest BCUT2D eigenvalue weighted by molar-refractivity contribution is 8.00. The van der Waals surface area contributed by atoms with Gasteiger partial charge in [0.25, 0.3) is 0 Å². The monoisotopic (exact) mass is 1830 g/mol. The van der Waals surface area contributed by atoms with Gasteiger partial charge in [0.05, 0.1) is 18.7 Å². The van der Waals surface area contributed by atoms with Crippen molar-refractivity contribution in [2.75, 3.05) is 52.3 Å². The molecule has 706 valence electrons. The van der Waals surface area contributed by atoms with E-state index in [1.807, 2.05) is 6.92 Å². The number of hydrogen-bond donors (Lipinski definition) is 14. The number of para-hydroxylation sites is 1. The van der Waals surface area contributed by atoms with Gasteiger partial charge in [0.1, 0.15) is 95.9 Å². The molecule has 0 unspecified atom stereocenters. The third-order valence-electron chi connectivity index (χ3n) is 23.8. The van der Waals surface area contributed by atoms with Crippen LogP contribution in [-0.4, -0.2) is 270 Å². The molecule has 0 saturated carbocycles. The van der Waals surface area contributed by atoms with E-state index in [4.69, 9.17) is 5.73 Å². The van der Waals surface area contributed by atoms with Gasteiger partial charge in [-0.2, -0.15) is 0 Å². The number of carboxylic acids is 1. The summed E-state index contributed by atoms with van der Waals surface area (Å²) in [5, 5.41) is 56.2. The van der Waals surface area contributed by atoms with E-state index in [-0.39, 0.29) is 94.7 Å². The predicted molar refractivity (Wildman–Crippen MR) is 486 cm³/mol. The summed E-state index contributed by atoms with van der Waals surface area (Å²) in [5.41, 5.74) is 8.42. The molecule has 3 aliphatic heterocycles. The Hall–Kier alpha value is -13.0. The highest BCUT2D eigenvalue weighted by Gasteiger charge is 2.46. The molecule has 3 fully saturated rings. The van der Waals surface area contributed by atoms with E-state index in [1.165, 1.54) is 96.5 Å². The number of unbranched alkanes of at least 4 members (excludes halogenated alkanes) is 1. The first-order valence-electron chi connectivity index (χ1n) is 44.4. The third kappa shape index (κ3) is 28.5. The maximum Gasteiger partial charge on any atom is 0.305 e. The predicted octanol–water partition coefficient (Wildman–Crippen LogP) is 3.33. The normalized spacial score (nSPS) is 23.9. The number of thioether (sulfide) groups is 1. The number of carbonyl (C=O) groups excluding carboxylic acids is 15. The Bertz CT molecular complexity index is 5040. The zero-order valence-electron chi connectivity index (χ0n) is 75.6. The lowest BCUT2D eigenvalue weighted by molar-refractivity contribution is -0.152. The van der Waals surface area contributed by atoms with Gasteiger partial charge < -0.3 is 98.4 Å². The quantitative estimate of drug-likeness (QED) is 0.0463. The summed E-state index contributed by atoms with van der Waals surface area (Å²) in [5.74, 6) is -18.5. The molecule has 0 radical (unpaired) electrons. The zero-order chi connectivity index (χ0) is 95.6. The van der Waals surface area contributed by atoms with Gasteiger partial charge in [-0.25, -0.2) is 4.39 Å². The van der Waals surface area contributed by atoms with Crippen LogP contribution in [0, 0.1) is 23.6 Å². The number of halogens is 1. The first-order chi connectivity index (χ1) is 62.3. The second-order valence-corrected chi connectivity index (χ2v) is 35.9. The molecule has 15 amide bonds. The Balaban J connectivity index is 1.13. The zero-order valence-corrected chi connectivity index (χ0v) is 76.4. The molecule has 5 aromatic carbocycles. The highest BCUT2D eigenvalue weighted by Crippen LogP contribution is 2.29. The number of likely N-dealkylation sites (N-methyl/N-ethyl adjacent to an activating group) is 3. The smallest absolute Gasteiger partial charge is 0.305 e. The molecule has 4 heterocycles. The van der Waals surface area contributed by atoms with Gasteiger partial charge in [-0.15, -0.1) is 11.8 Å². The number of nitrogens with zero attached hydrogens (tertiary/aromatic N) is 5. The molecule has 0 aliphatic carbocycles. The van der Waals surface area contributed by atoms with Crippen LogP contribution in [0.5, 0.6) is 11.5 Å². The fraction of sp³-hybridized carbons (Fsp3) is 0.489. The van der Waals surface area contributed by atoms with Crippen molar-refractivity contribution in [1.82, 2.24) is 77.3 Å². The van der Waals surface area contributed by atoms with Crippen molar-refractivity contribution in [3.05, 3.63) is 167 Å². The number of carboxylic acid groups (broad SMARTS) is 1. The number of phenols is 2. The number of aromatic amines is 1. The molecule has 3 aliphatic rings. The minimum atomic E-state index is -1.89. The number of H-pyrrole nitrogens is 1. The summed E-state index contributed by atoms with van der Waals surface area (Å²) in [6.45, 7) is 11.0. The summed E-state index contributed by atoms with van der Waals surface area (Å²) in [7, 11) is 4.02. The van der Waals surface area contributed by atoms with E-state index in [2.05, 4.69) is 52.8 Å². The number of aromatic hydroxyl groups is 2. The first-order valence-corrected chi connectivity index (χ1v) is 45.5. The number of nitrogens with one attached hydrogen (secondary N) is 10. The molecule has 9 rings (SSSR count). The van der Waals surface area contributed by atoms with Crippen LogP contribution in [0.2, 0.25) is 0 Å². The number of aliphatic carboxylic acids is 1. The number of benzene rings is 5. The number of phenolic OH excluding ortho intramolecular Hbond substituents is 2. The van der Waals surface area contributed by atoms with Crippen LogP contribution in [0.15, 0.2) is 134 Å². The van der Waals surface area contributed by atoms with Gasteiger partial charge in [0.15, 0.2) is 0 Å². The topological polar surface area (TPSA) is 500 Å². The number of piperidine rings is 1. The standard InChI is InChI=1S/C94H123FN16O19S/c1-11-12-25-75-93(129)111-41-20-27-74(111)88(124)103-69(48-79(116)117)86(122)106-80(54(4)5)94(130)109(10)81(55(6)7)89(125)104-71(45-59-32-38-63(113)39-33-59)91(127)110-40-19-18-26-73(110)87(123)102-68(47-60-49-97-65-24-17-16-23-64(60)65)85(121)101-67(43-58-30-36-62(112)37-31-58)84(120)100-66(42-53(2)3)83(119)105-72(82(118)98-50-77(96)114)51-131-52-78(115)99-70(44-57-28-34-61(95)35-29-57)90(126)108(9)76(92(128)107(75)8)46-56-21-14-13-15-22-56/h13-17,21-24,28-39,49,53-55,66-76,80-81,97,112-113H,11-12,18-20,25-27,40-48,50-52H2,1-10H3,(H2,96,114)(H,98,118)(H,99,115)(H,100,120)(H,101,121)(H,102,123)(H,103,124)(H,104,125)(H,105,119)(H,106,122)(H,116,117)/t66-,67-,68+,69-,70-,71-,72-,73+,74+,75-,76-,80-,81-/m0/s1. The van der Waals surface area contributed by atoms with Crippen LogP contribution in [-0.2, 0) is 109 Å². The number of aromatic nitrogens is 1. The van der Waals surface area contributed by atoms with Crippen molar-refractivity contribution in [1.29, 1.82) is 0 Å². The number of hydrogen-bond acceptors (Lipinski definition) is 19. The summed E-state index contributed by atoms with van der Waals surface area (Å²) in [6.07, 6.45) is 1.24. The van der Waals surface area contributed by atoms with Crippen molar-refractivity contribution >= 4 is 117 Å². The average molecular weight is 1830 g/mol. The number of rotatable bonds is 22. The molecule has 35 nitrogen and oxygen atoms in total. The fourth-order valence-electron chi connectivity index (χ4n) is 16.7. The van der Waals surface area contributed by atoms with Crippen LogP contribution in [0.4, 0.5) is 4.39 Å². The van der Waals surface area contributed by atoms with E-state index >= 15 is 47.9 Å². The lowest BCUT2D eigenvalue weighted by Gasteiger charge is -2.39. The van der Waals surface area contributed by atoms with Crippen LogP contribution in [0.25, 0.3) is 10.9 Å².